The Morgan fingerprint density at radius 1 is 1.12 bits per heavy atom. The molecule has 8 nitrogen and oxygen atoms in total. The Bertz CT molecular complexity index is 1550. The van der Waals surface area contributed by atoms with E-state index in [4.69, 9.17) is 25.3 Å². The van der Waals surface area contributed by atoms with Crippen molar-refractivity contribution in [2.45, 2.75) is 77.4 Å². The van der Waals surface area contributed by atoms with Crippen LogP contribution in [0.1, 0.15) is 48.0 Å². The number of nitrogens with zero attached hydrogens (tertiary/aromatic N) is 4. The highest BCUT2D eigenvalue weighted by Gasteiger charge is 2.29. The maximum atomic E-state index is 14.2. The first kappa shape index (κ1) is 28.0. The number of halogens is 2. The van der Waals surface area contributed by atoms with E-state index in [1.165, 1.54) is 12.1 Å². The maximum Gasteiger partial charge on any atom is 0.163 e. The third kappa shape index (κ3) is 5.81. The molecule has 1 unspecified atom stereocenters. The lowest BCUT2D eigenvalue weighted by Gasteiger charge is -2.23. The summed E-state index contributed by atoms with van der Waals surface area (Å²) in [5.74, 6) is -0.527. The lowest BCUT2D eigenvalue weighted by molar-refractivity contribution is -0.0365. The molecule has 0 bridgehead atoms. The van der Waals surface area contributed by atoms with Crippen LogP contribution >= 0.6 is 0 Å². The van der Waals surface area contributed by atoms with E-state index in [1.807, 2.05) is 16.8 Å². The van der Waals surface area contributed by atoms with Crippen LogP contribution in [0.3, 0.4) is 0 Å². The molecule has 2 aliphatic heterocycles. The van der Waals surface area contributed by atoms with Gasteiger partial charge >= 0.3 is 0 Å². The minimum absolute atomic E-state index is 0.215. The Morgan fingerprint density at radius 2 is 1.93 bits per heavy atom. The summed E-state index contributed by atoms with van der Waals surface area (Å²) < 4.78 is 44.8. The Morgan fingerprint density at radius 3 is 2.66 bits per heavy atom. The van der Waals surface area contributed by atoms with Gasteiger partial charge < -0.3 is 25.1 Å². The van der Waals surface area contributed by atoms with Gasteiger partial charge in [0, 0.05) is 57.9 Å². The zero-order chi connectivity index (χ0) is 28.7. The van der Waals surface area contributed by atoms with Crippen molar-refractivity contribution >= 4 is 24.7 Å². The lowest BCUT2D eigenvalue weighted by atomic mass is 9.97. The predicted octanol–water partition coefficient (Wildman–Crippen LogP) is 5.97. The Kier molecular flexibility index (Phi) is 7.71. The minimum atomic E-state index is -1.25. The van der Waals surface area contributed by atoms with Crippen LogP contribution < -0.4 is 11.1 Å². The number of fused-ring (bicyclic) bond motifs is 2. The van der Waals surface area contributed by atoms with Crippen molar-refractivity contribution in [1.29, 1.82) is 0 Å². The van der Waals surface area contributed by atoms with E-state index in [2.05, 4.69) is 29.5 Å². The summed E-state index contributed by atoms with van der Waals surface area (Å²) in [7, 11) is -1.25. The van der Waals surface area contributed by atoms with Gasteiger partial charge in [-0.05, 0) is 60.7 Å². The zero-order valence-corrected chi connectivity index (χ0v) is 25.0. The fourth-order valence-corrected chi connectivity index (χ4v) is 6.50. The Labute approximate surface area is 239 Å². The van der Waals surface area contributed by atoms with Crippen LogP contribution in [0.15, 0.2) is 30.3 Å². The standard InChI is InChI=1S/C30H38F2N6O2Si/c1-41(2,3)11-10-39-18-37-26-17-34-16-24(26)35-30(37)29-28-22(14-19-12-20(31)15-21(32)13-19)23(33)7-8-25(28)38(36-29)27-6-4-5-9-40-27/h7-8,12-13,15,27,34H,4-6,9-11,14,16-18,33H2,1-3H3. The molecule has 1 fully saturated rings. The Hall–Kier alpha value is -3.12. The molecule has 1 saturated heterocycles. The normalized spacial score (nSPS) is 17.4. The van der Waals surface area contributed by atoms with E-state index in [0.29, 0.717) is 55.8 Å². The third-order valence-corrected chi connectivity index (χ3v) is 9.62. The van der Waals surface area contributed by atoms with Gasteiger partial charge in [0.25, 0.3) is 0 Å². The second kappa shape index (κ2) is 11.3. The van der Waals surface area contributed by atoms with Crippen LogP contribution in [-0.4, -0.2) is 40.6 Å². The van der Waals surface area contributed by atoms with E-state index in [0.717, 1.165) is 59.2 Å². The zero-order valence-electron chi connectivity index (χ0n) is 24.0. The summed E-state index contributed by atoms with van der Waals surface area (Å²) in [6, 6.07) is 8.45. The average molecular weight is 581 g/mol. The van der Waals surface area contributed by atoms with Gasteiger partial charge in [-0.15, -0.1) is 0 Å². The van der Waals surface area contributed by atoms with Crippen LogP contribution in [0, 0.1) is 11.6 Å². The highest BCUT2D eigenvalue weighted by molar-refractivity contribution is 6.76. The van der Waals surface area contributed by atoms with E-state index in [1.54, 1.807) is 0 Å². The molecule has 0 saturated carbocycles. The maximum absolute atomic E-state index is 14.2. The molecule has 11 heteroatoms. The van der Waals surface area contributed by atoms with Crippen molar-refractivity contribution in [2.24, 2.45) is 0 Å². The number of ether oxygens (including phenoxy) is 2. The van der Waals surface area contributed by atoms with Crippen LogP contribution in [0.5, 0.6) is 0 Å². The van der Waals surface area contributed by atoms with Gasteiger partial charge in [0.1, 0.15) is 24.1 Å². The minimum Gasteiger partial charge on any atom is -0.398 e. The number of benzene rings is 2. The monoisotopic (exact) mass is 580 g/mol. The number of nitrogens with two attached hydrogens (primary N) is 1. The molecule has 4 heterocycles. The van der Waals surface area contributed by atoms with Gasteiger partial charge in [-0.1, -0.05) is 19.6 Å². The summed E-state index contributed by atoms with van der Waals surface area (Å²) in [6.45, 7) is 10.1. The molecule has 4 aromatic rings. The number of hydrogen-bond donors (Lipinski definition) is 2. The number of rotatable bonds is 9. The van der Waals surface area contributed by atoms with Crippen molar-refractivity contribution in [3.63, 3.8) is 0 Å². The second-order valence-electron chi connectivity index (χ2n) is 12.3. The summed E-state index contributed by atoms with van der Waals surface area (Å²) >= 11 is 0. The van der Waals surface area contributed by atoms with Crippen LogP contribution in [0.2, 0.25) is 25.7 Å². The van der Waals surface area contributed by atoms with Gasteiger partial charge in [0.2, 0.25) is 0 Å². The predicted molar refractivity (Wildman–Crippen MR) is 158 cm³/mol. The summed E-state index contributed by atoms with van der Waals surface area (Å²) in [5, 5.41) is 9.35. The third-order valence-electron chi connectivity index (χ3n) is 7.92. The molecule has 218 valence electrons. The number of nitrogens with one attached hydrogen (secondary N) is 1. The summed E-state index contributed by atoms with van der Waals surface area (Å²) in [5.41, 5.74) is 12.0. The summed E-state index contributed by atoms with van der Waals surface area (Å²) in [4.78, 5) is 5.05. The molecule has 0 aliphatic carbocycles. The van der Waals surface area contributed by atoms with Crippen molar-refractivity contribution in [3.05, 3.63) is 64.5 Å². The topological polar surface area (TPSA) is 92.2 Å². The second-order valence-corrected chi connectivity index (χ2v) is 17.9. The molecule has 0 radical (unpaired) electrons. The fraction of sp³-hybridized carbons (Fsp3) is 0.467. The van der Waals surface area contributed by atoms with Gasteiger partial charge in [0.05, 0.1) is 16.9 Å². The lowest BCUT2D eigenvalue weighted by Crippen LogP contribution is -2.22. The van der Waals surface area contributed by atoms with Crippen molar-refractivity contribution in [1.82, 2.24) is 24.6 Å². The highest BCUT2D eigenvalue weighted by Crippen LogP contribution is 2.38. The average Bonchev–Trinajstić information content (AvgIpc) is 3.61. The molecular weight excluding hydrogens is 542 g/mol. The Balaban J connectivity index is 1.50. The molecule has 0 spiro atoms. The molecule has 0 amide bonds. The van der Waals surface area contributed by atoms with Crippen LogP contribution in [0.4, 0.5) is 14.5 Å². The highest BCUT2D eigenvalue weighted by atomic mass is 28.3. The van der Waals surface area contributed by atoms with E-state index >= 15 is 0 Å². The molecule has 2 aromatic heterocycles. The number of imidazole rings is 1. The molecule has 2 aromatic carbocycles. The number of hydrogen-bond acceptors (Lipinski definition) is 6. The number of nitrogen functional groups attached to an aromatic ring is 1. The van der Waals surface area contributed by atoms with Crippen molar-refractivity contribution in [2.75, 3.05) is 18.9 Å². The van der Waals surface area contributed by atoms with Gasteiger partial charge in [-0.25, -0.2) is 18.4 Å². The smallest absolute Gasteiger partial charge is 0.163 e. The van der Waals surface area contributed by atoms with Crippen molar-refractivity contribution < 1.29 is 18.3 Å². The summed E-state index contributed by atoms with van der Waals surface area (Å²) in [6.07, 6.45) is 2.94. The SMILES string of the molecule is C[Si](C)(C)CCOCn1c(-c2nn(C3CCCCO3)c3ccc(N)c(Cc4cc(F)cc(F)c4)c23)nc2c1CNC2. The quantitative estimate of drug-likeness (QED) is 0.144. The van der Waals surface area contributed by atoms with Gasteiger partial charge in [-0.3, -0.25) is 0 Å². The van der Waals surface area contributed by atoms with Gasteiger partial charge in [0.15, 0.2) is 12.1 Å². The first-order valence-electron chi connectivity index (χ1n) is 14.4. The van der Waals surface area contributed by atoms with E-state index in [-0.39, 0.29) is 12.6 Å². The molecule has 3 N–H and O–H groups in total. The van der Waals surface area contributed by atoms with E-state index in [9.17, 15) is 8.78 Å². The van der Waals surface area contributed by atoms with Crippen LogP contribution in [0.25, 0.3) is 22.4 Å². The van der Waals surface area contributed by atoms with E-state index < -0.39 is 19.7 Å². The molecule has 2 aliphatic rings. The first-order valence-corrected chi connectivity index (χ1v) is 18.1. The fourth-order valence-electron chi connectivity index (χ4n) is 5.75. The van der Waals surface area contributed by atoms with Crippen molar-refractivity contribution in [3.8, 4) is 11.5 Å². The van der Waals surface area contributed by atoms with Crippen LogP contribution in [-0.2, 0) is 35.7 Å². The molecule has 6 rings (SSSR count). The molecule has 41 heavy (non-hydrogen) atoms. The number of anilines is 1. The molecular formula is C30H38F2N6O2Si. The largest absolute Gasteiger partial charge is 0.398 e. The molecule has 1 atom stereocenters. The first-order chi connectivity index (χ1) is 19.7. The number of aromatic nitrogens is 4. The van der Waals surface area contributed by atoms with Gasteiger partial charge in [-0.2, -0.15) is 5.10 Å².